The maximum Gasteiger partial charge on any atom is 0.00209 e. The number of hydrogen-bond acceptors (Lipinski definition) is 0. The molecule has 84 valence electrons. The van der Waals surface area contributed by atoms with Crippen LogP contribution < -0.4 is 0 Å². The number of hydrogen-bond donors (Lipinski definition) is 0. The molecule has 0 spiro atoms. The van der Waals surface area contributed by atoms with E-state index in [9.17, 15) is 0 Å². The van der Waals surface area contributed by atoms with Gasteiger partial charge in [-0.3, -0.25) is 0 Å². The molecule has 0 N–H and O–H groups in total. The van der Waals surface area contributed by atoms with Crippen molar-refractivity contribution in [2.75, 3.05) is 0 Å². The van der Waals surface area contributed by atoms with E-state index in [1.807, 2.05) is 6.08 Å². The molecule has 0 aromatic heterocycles. The second kappa shape index (κ2) is 5.69. The van der Waals surface area contributed by atoms with E-state index >= 15 is 0 Å². The van der Waals surface area contributed by atoms with Crippen molar-refractivity contribution in [3.63, 3.8) is 0 Å². The summed E-state index contributed by atoms with van der Waals surface area (Å²) in [6, 6.07) is 8.86. The zero-order chi connectivity index (χ0) is 11.2. The molecule has 2 rings (SSSR count). The van der Waals surface area contributed by atoms with Crippen molar-refractivity contribution in [2.24, 2.45) is 0 Å². The van der Waals surface area contributed by atoms with Crippen molar-refractivity contribution in [1.29, 1.82) is 0 Å². The highest BCUT2D eigenvalue weighted by molar-refractivity contribution is 5.37. The number of rotatable bonds is 5. The maximum atomic E-state index is 3.77. The highest BCUT2D eigenvalue weighted by Gasteiger charge is 2.14. The van der Waals surface area contributed by atoms with Crippen molar-refractivity contribution in [3.8, 4) is 0 Å². The average molecular weight is 212 g/mol. The van der Waals surface area contributed by atoms with Crippen LogP contribution >= 0.6 is 0 Å². The van der Waals surface area contributed by atoms with Gasteiger partial charge in [-0.15, -0.1) is 6.58 Å². The van der Waals surface area contributed by atoms with E-state index in [0.717, 1.165) is 12.8 Å². The van der Waals surface area contributed by atoms with Gasteiger partial charge in [-0.1, -0.05) is 48.9 Å². The molecule has 1 aromatic rings. The molecule has 0 saturated carbocycles. The lowest BCUT2D eigenvalue weighted by atomic mass is 9.85. The first kappa shape index (κ1) is 11.2. The number of fused-ring (bicyclic) bond motifs is 1. The molecule has 1 aromatic carbocycles. The standard InChI is InChI=1S/C16H20/c1-2-3-4-5-9-14-11-8-12-15-10-6-7-13-16(14)15/h2,6-8,10-11,13-14H,1,3-5,9,12H2. The zero-order valence-corrected chi connectivity index (χ0v) is 9.86. The van der Waals surface area contributed by atoms with E-state index in [4.69, 9.17) is 0 Å². The molecule has 0 radical (unpaired) electrons. The van der Waals surface area contributed by atoms with Gasteiger partial charge in [0.15, 0.2) is 0 Å². The number of allylic oxidation sites excluding steroid dienone is 3. The first-order valence-electron chi connectivity index (χ1n) is 6.27. The fourth-order valence-electron chi connectivity index (χ4n) is 2.45. The van der Waals surface area contributed by atoms with Gasteiger partial charge in [-0.05, 0) is 36.8 Å². The maximum absolute atomic E-state index is 3.77. The molecule has 1 unspecified atom stereocenters. The van der Waals surface area contributed by atoms with Crippen LogP contribution in [0.15, 0.2) is 49.1 Å². The summed E-state index contributed by atoms with van der Waals surface area (Å²) in [5, 5.41) is 0. The lowest BCUT2D eigenvalue weighted by Crippen LogP contribution is -2.04. The minimum atomic E-state index is 0.648. The van der Waals surface area contributed by atoms with Crippen molar-refractivity contribution in [3.05, 3.63) is 60.2 Å². The van der Waals surface area contributed by atoms with Crippen LogP contribution in [-0.4, -0.2) is 0 Å². The van der Waals surface area contributed by atoms with Crippen molar-refractivity contribution < 1.29 is 0 Å². The van der Waals surface area contributed by atoms with Gasteiger partial charge in [0, 0.05) is 5.92 Å². The first-order valence-corrected chi connectivity index (χ1v) is 6.27. The fourth-order valence-corrected chi connectivity index (χ4v) is 2.45. The van der Waals surface area contributed by atoms with Gasteiger partial charge in [-0.25, -0.2) is 0 Å². The van der Waals surface area contributed by atoms with E-state index in [2.05, 4.69) is 43.0 Å². The monoisotopic (exact) mass is 212 g/mol. The van der Waals surface area contributed by atoms with Gasteiger partial charge >= 0.3 is 0 Å². The van der Waals surface area contributed by atoms with Crippen LogP contribution in [0.4, 0.5) is 0 Å². The Morgan fingerprint density at radius 3 is 3.00 bits per heavy atom. The Balaban J connectivity index is 1.97. The molecule has 0 aliphatic heterocycles. The van der Waals surface area contributed by atoms with Crippen molar-refractivity contribution in [1.82, 2.24) is 0 Å². The highest BCUT2D eigenvalue weighted by Crippen LogP contribution is 2.30. The second-order valence-corrected chi connectivity index (χ2v) is 4.51. The molecule has 0 nitrogen and oxygen atoms in total. The predicted molar refractivity (Wildman–Crippen MR) is 70.7 cm³/mol. The van der Waals surface area contributed by atoms with Crippen LogP contribution in [-0.2, 0) is 6.42 Å². The molecular formula is C16H20. The van der Waals surface area contributed by atoms with E-state index in [1.165, 1.54) is 24.8 Å². The van der Waals surface area contributed by atoms with Gasteiger partial charge < -0.3 is 0 Å². The molecule has 16 heavy (non-hydrogen) atoms. The molecule has 0 heterocycles. The Kier molecular flexibility index (Phi) is 3.98. The molecule has 0 bridgehead atoms. The Morgan fingerprint density at radius 1 is 1.25 bits per heavy atom. The van der Waals surface area contributed by atoms with Crippen LogP contribution in [0.5, 0.6) is 0 Å². The SMILES string of the molecule is C=CCCCCC1C=CCc2ccccc21. The summed E-state index contributed by atoms with van der Waals surface area (Å²) in [5.74, 6) is 0.648. The van der Waals surface area contributed by atoms with E-state index in [1.54, 1.807) is 5.56 Å². The molecule has 0 saturated heterocycles. The second-order valence-electron chi connectivity index (χ2n) is 4.51. The molecule has 1 aliphatic rings. The number of unbranched alkanes of at least 4 members (excludes halogenated alkanes) is 2. The van der Waals surface area contributed by atoms with Crippen LogP contribution in [0.2, 0.25) is 0 Å². The highest BCUT2D eigenvalue weighted by atomic mass is 14.2. The Labute approximate surface area is 98.7 Å². The third-order valence-electron chi connectivity index (χ3n) is 3.33. The van der Waals surface area contributed by atoms with Crippen LogP contribution in [0.3, 0.4) is 0 Å². The third kappa shape index (κ3) is 2.63. The molecule has 1 aliphatic carbocycles. The zero-order valence-electron chi connectivity index (χ0n) is 9.86. The van der Waals surface area contributed by atoms with E-state index in [-0.39, 0.29) is 0 Å². The van der Waals surface area contributed by atoms with Gasteiger partial charge in [0.1, 0.15) is 0 Å². The Hall–Kier alpha value is -1.30. The Morgan fingerprint density at radius 2 is 2.12 bits per heavy atom. The summed E-state index contributed by atoms with van der Waals surface area (Å²) in [7, 11) is 0. The Bertz CT molecular complexity index is 373. The molecule has 0 amide bonds. The summed E-state index contributed by atoms with van der Waals surface area (Å²) < 4.78 is 0. The predicted octanol–water partition coefficient (Wildman–Crippen LogP) is 4.63. The molecule has 0 fully saturated rings. The summed E-state index contributed by atoms with van der Waals surface area (Å²) in [5.41, 5.74) is 3.06. The topological polar surface area (TPSA) is 0 Å². The molecule has 0 heteroatoms. The van der Waals surface area contributed by atoms with Crippen LogP contribution in [0.1, 0.15) is 42.7 Å². The third-order valence-corrected chi connectivity index (χ3v) is 3.33. The normalized spacial score (nSPS) is 18.1. The average Bonchev–Trinajstić information content (AvgIpc) is 2.35. The van der Waals surface area contributed by atoms with Gasteiger partial charge in [0.05, 0.1) is 0 Å². The number of benzene rings is 1. The lowest BCUT2D eigenvalue weighted by molar-refractivity contribution is 0.634. The van der Waals surface area contributed by atoms with E-state index < -0.39 is 0 Å². The van der Waals surface area contributed by atoms with Gasteiger partial charge in [-0.2, -0.15) is 0 Å². The lowest BCUT2D eigenvalue weighted by Gasteiger charge is -2.20. The fraction of sp³-hybridized carbons (Fsp3) is 0.375. The largest absolute Gasteiger partial charge is 0.103 e. The quantitative estimate of drug-likeness (QED) is 0.493. The van der Waals surface area contributed by atoms with Crippen molar-refractivity contribution in [2.45, 2.75) is 38.0 Å². The van der Waals surface area contributed by atoms with Crippen LogP contribution in [0, 0.1) is 0 Å². The van der Waals surface area contributed by atoms with E-state index in [0.29, 0.717) is 5.92 Å². The van der Waals surface area contributed by atoms with Gasteiger partial charge in [0.2, 0.25) is 0 Å². The van der Waals surface area contributed by atoms with Gasteiger partial charge in [0.25, 0.3) is 0 Å². The first-order chi connectivity index (χ1) is 7.92. The summed E-state index contributed by atoms with van der Waals surface area (Å²) in [4.78, 5) is 0. The van der Waals surface area contributed by atoms with Crippen LogP contribution in [0.25, 0.3) is 0 Å². The molecule has 1 atom stereocenters. The summed E-state index contributed by atoms with van der Waals surface area (Å²) in [6.45, 7) is 3.77. The summed E-state index contributed by atoms with van der Waals surface area (Å²) in [6.07, 6.45) is 12.8. The summed E-state index contributed by atoms with van der Waals surface area (Å²) >= 11 is 0. The smallest absolute Gasteiger partial charge is 0.00209 e. The minimum Gasteiger partial charge on any atom is -0.103 e. The molecular weight excluding hydrogens is 192 g/mol. The van der Waals surface area contributed by atoms with Crippen molar-refractivity contribution >= 4 is 0 Å². The minimum absolute atomic E-state index is 0.648.